The zero-order valence-electron chi connectivity index (χ0n) is 18.0. The lowest BCUT2D eigenvalue weighted by molar-refractivity contribution is -0.114. The molecule has 1 aromatic heterocycles. The van der Waals surface area contributed by atoms with Gasteiger partial charge in [0.05, 0.1) is 28.1 Å². The summed E-state index contributed by atoms with van der Waals surface area (Å²) in [4.78, 5) is 17.8. The molecule has 0 aliphatic carbocycles. The SMILES string of the molecule is C#CCOc1c(Br)cc(C=C2C(=O)N(c3nc(-c4ccccc4)cs3)N=C2C)cc1OCC. The van der Waals surface area contributed by atoms with Crippen LogP contribution in [0.5, 0.6) is 11.5 Å². The highest BCUT2D eigenvalue weighted by molar-refractivity contribution is 9.10. The van der Waals surface area contributed by atoms with E-state index in [9.17, 15) is 4.79 Å². The van der Waals surface area contributed by atoms with E-state index in [-0.39, 0.29) is 12.5 Å². The van der Waals surface area contributed by atoms with Gasteiger partial charge in [-0.15, -0.1) is 17.8 Å². The molecule has 0 atom stereocenters. The van der Waals surface area contributed by atoms with Gasteiger partial charge in [0.15, 0.2) is 11.5 Å². The second-order valence-corrected chi connectivity index (χ2v) is 8.69. The van der Waals surface area contributed by atoms with Crippen molar-refractivity contribution in [2.75, 3.05) is 18.2 Å². The van der Waals surface area contributed by atoms with Gasteiger partial charge in [0.1, 0.15) is 6.61 Å². The van der Waals surface area contributed by atoms with Crippen molar-refractivity contribution >= 4 is 50.1 Å². The number of terminal acetylenes is 1. The molecule has 0 unspecified atom stereocenters. The molecule has 0 bridgehead atoms. The molecule has 1 aliphatic rings. The summed E-state index contributed by atoms with van der Waals surface area (Å²) in [5.41, 5.74) is 3.66. The number of nitrogens with zero attached hydrogens (tertiary/aromatic N) is 3. The van der Waals surface area contributed by atoms with E-state index in [0.717, 1.165) is 16.8 Å². The van der Waals surface area contributed by atoms with E-state index in [1.807, 2.05) is 54.8 Å². The van der Waals surface area contributed by atoms with Crippen LogP contribution in [-0.4, -0.2) is 29.8 Å². The van der Waals surface area contributed by atoms with E-state index in [2.05, 4.69) is 31.9 Å². The lowest BCUT2D eigenvalue weighted by atomic mass is 10.1. The number of halogens is 1. The van der Waals surface area contributed by atoms with Crippen molar-refractivity contribution in [1.29, 1.82) is 0 Å². The number of benzene rings is 2. The molecule has 1 amide bonds. The lowest BCUT2D eigenvalue weighted by Crippen LogP contribution is -2.21. The first-order chi connectivity index (χ1) is 16.0. The van der Waals surface area contributed by atoms with Crippen LogP contribution in [-0.2, 0) is 4.79 Å². The number of anilines is 1. The molecular formula is C25H20BrN3O3S. The number of hydrazone groups is 1. The number of thiazole rings is 1. The van der Waals surface area contributed by atoms with Gasteiger partial charge in [-0.3, -0.25) is 4.79 Å². The van der Waals surface area contributed by atoms with Gasteiger partial charge in [-0.1, -0.05) is 36.3 Å². The van der Waals surface area contributed by atoms with Crippen LogP contribution < -0.4 is 14.5 Å². The molecule has 0 fully saturated rings. The minimum absolute atomic E-state index is 0.122. The average molecular weight is 522 g/mol. The summed E-state index contributed by atoms with van der Waals surface area (Å²) in [5.74, 6) is 3.28. The molecule has 0 saturated heterocycles. The summed E-state index contributed by atoms with van der Waals surface area (Å²) in [6.45, 7) is 4.27. The Balaban J connectivity index is 1.63. The van der Waals surface area contributed by atoms with Crippen molar-refractivity contribution in [3.8, 4) is 35.1 Å². The second-order valence-electron chi connectivity index (χ2n) is 7.00. The van der Waals surface area contributed by atoms with Crippen molar-refractivity contribution in [2.24, 2.45) is 5.10 Å². The standard InChI is InChI=1S/C25H20BrN3O3S/c1-4-11-32-23-20(26)13-17(14-22(23)31-5-2)12-19-16(3)28-29(24(19)30)25-27-21(15-33-25)18-9-7-6-8-10-18/h1,6-10,12-15H,5,11H2,2-3H3. The van der Waals surface area contributed by atoms with Crippen LogP contribution in [0, 0.1) is 12.3 Å². The number of hydrogen-bond donors (Lipinski definition) is 0. The molecule has 8 heteroatoms. The number of hydrogen-bond acceptors (Lipinski definition) is 6. The van der Waals surface area contributed by atoms with Gasteiger partial charge in [-0.05, 0) is 53.5 Å². The number of aromatic nitrogens is 1. The van der Waals surface area contributed by atoms with Crippen molar-refractivity contribution in [3.63, 3.8) is 0 Å². The quantitative estimate of drug-likeness (QED) is 0.291. The molecule has 0 spiro atoms. The van der Waals surface area contributed by atoms with E-state index >= 15 is 0 Å². The third-order valence-corrected chi connectivity index (χ3v) is 6.15. The molecule has 6 nitrogen and oxygen atoms in total. The first-order valence-electron chi connectivity index (χ1n) is 10.2. The summed E-state index contributed by atoms with van der Waals surface area (Å²) >= 11 is 4.89. The van der Waals surface area contributed by atoms with Gasteiger partial charge in [0, 0.05) is 10.9 Å². The molecule has 4 rings (SSSR count). The lowest BCUT2D eigenvalue weighted by Gasteiger charge is -2.13. The van der Waals surface area contributed by atoms with Gasteiger partial charge >= 0.3 is 0 Å². The van der Waals surface area contributed by atoms with E-state index in [1.165, 1.54) is 16.3 Å². The highest BCUT2D eigenvalue weighted by Crippen LogP contribution is 2.38. The van der Waals surface area contributed by atoms with E-state index in [1.54, 1.807) is 13.0 Å². The van der Waals surface area contributed by atoms with Crippen LogP contribution in [0.25, 0.3) is 17.3 Å². The molecule has 33 heavy (non-hydrogen) atoms. The maximum Gasteiger partial charge on any atom is 0.282 e. The maximum absolute atomic E-state index is 13.2. The van der Waals surface area contributed by atoms with E-state index < -0.39 is 0 Å². The number of rotatable bonds is 7. The Morgan fingerprint density at radius 3 is 2.76 bits per heavy atom. The number of amides is 1. The summed E-state index contributed by atoms with van der Waals surface area (Å²) in [6.07, 6.45) is 7.10. The van der Waals surface area contributed by atoms with Crippen LogP contribution in [0.4, 0.5) is 5.13 Å². The van der Waals surface area contributed by atoms with Gasteiger partial charge in [0.25, 0.3) is 5.91 Å². The summed E-state index contributed by atoms with van der Waals surface area (Å²) < 4.78 is 12.0. The van der Waals surface area contributed by atoms with Crippen LogP contribution in [0.1, 0.15) is 19.4 Å². The highest BCUT2D eigenvalue weighted by atomic mass is 79.9. The fraction of sp³-hybridized carbons (Fsp3) is 0.160. The fourth-order valence-electron chi connectivity index (χ4n) is 3.27. The average Bonchev–Trinajstić information content (AvgIpc) is 3.40. The third-order valence-electron chi connectivity index (χ3n) is 4.75. The van der Waals surface area contributed by atoms with Crippen LogP contribution in [0.3, 0.4) is 0 Å². The molecular weight excluding hydrogens is 502 g/mol. The Bertz CT molecular complexity index is 1290. The van der Waals surface area contributed by atoms with Crippen molar-refractivity contribution < 1.29 is 14.3 Å². The van der Waals surface area contributed by atoms with E-state index in [0.29, 0.717) is 39.0 Å². The molecule has 0 saturated carbocycles. The maximum atomic E-state index is 13.2. The molecule has 3 aromatic rings. The largest absolute Gasteiger partial charge is 0.490 e. The summed E-state index contributed by atoms with van der Waals surface area (Å²) in [7, 11) is 0. The first kappa shape index (κ1) is 22.8. The van der Waals surface area contributed by atoms with Crippen molar-refractivity contribution in [1.82, 2.24) is 4.98 Å². The third kappa shape index (κ3) is 4.85. The predicted octanol–water partition coefficient (Wildman–Crippen LogP) is 5.79. The summed E-state index contributed by atoms with van der Waals surface area (Å²) in [5, 5.41) is 8.25. The smallest absolute Gasteiger partial charge is 0.282 e. The Kier molecular flexibility index (Phi) is 6.92. The first-order valence-corrected chi connectivity index (χ1v) is 11.8. The molecule has 2 heterocycles. The van der Waals surface area contributed by atoms with Gasteiger partial charge in [-0.2, -0.15) is 10.1 Å². The Labute approximate surface area is 204 Å². The second kappa shape index (κ2) is 10.0. The molecule has 0 N–H and O–H groups in total. The van der Waals surface area contributed by atoms with E-state index in [4.69, 9.17) is 15.9 Å². The minimum Gasteiger partial charge on any atom is -0.490 e. The highest BCUT2D eigenvalue weighted by Gasteiger charge is 2.31. The van der Waals surface area contributed by atoms with Gasteiger partial charge < -0.3 is 9.47 Å². The zero-order chi connectivity index (χ0) is 23.4. The monoisotopic (exact) mass is 521 g/mol. The zero-order valence-corrected chi connectivity index (χ0v) is 20.4. The van der Waals surface area contributed by atoms with Crippen LogP contribution in [0.2, 0.25) is 0 Å². The minimum atomic E-state index is -0.233. The number of ether oxygens (including phenoxy) is 2. The van der Waals surface area contributed by atoms with Gasteiger partial charge in [0.2, 0.25) is 5.13 Å². The van der Waals surface area contributed by atoms with Crippen LogP contribution in [0.15, 0.2) is 63.0 Å². The Morgan fingerprint density at radius 1 is 1.24 bits per heavy atom. The van der Waals surface area contributed by atoms with Gasteiger partial charge in [-0.25, -0.2) is 4.98 Å². The normalized spacial score (nSPS) is 14.4. The molecule has 166 valence electrons. The number of carbonyl (C=O) groups excluding carboxylic acids is 1. The molecule has 0 radical (unpaired) electrons. The van der Waals surface area contributed by atoms with Crippen molar-refractivity contribution in [3.05, 3.63) is 63.5 Å². The fourth-order valence-corrected chi connectivity index (χ4v) is 4.63. The predicted molar refractivity (Wildman–Crippen MR) is 136 cm³/mol. The number of carbonyl (C=O) groups is 1. The molecule has 1 aliphatic heterocycles. The summed E-state index contributed by atoms with van der Waals surface area (Å²) in [6, 6.07) is 13.5. The molecule has 2 aromatic carbocycles. The van der Waals surface area contributed by atoms with Crippen LogP contribution >= 0.6 is 27.3 Å². The van der Waals surface area contributed by atoms with Crippen molar-refractivity contribution in [2.45, 2.75) is 13.8 Å². The topological polar surface area (TPSA) is 64.0 Å². The Hall–Kier alpha value is -3.41. The Morgan fingerprint density at radius 2 is 2.03 bits per heavy atom.